The largest absolute Gasteiger partial charge is 0.303 e. The molecule has 1 rings (SSSR count). The van der Waals surface area contributed by atoms with Crippen molar-refractivity contribution in [1.82, 2.24) is 0 Å². The highest BCUT2D eigenvalue weighted by atomic mass is 16.5. The number of hydrogen-bond donors (Lipinski definition) is 1. The molecule has 0 atom stereocenters. The highest BCUT2D eigenvalue weighted by Gasteiger charge is 2.10. The summed E-state index contributed by atoms with van der Waals surface area (Å²) in [6, 6.07) is 8.28. The van der Waals surface area contributed by atoms with Gasteiger partial charge in [0.2, 0.25) is 0 Å². The third kappa shape index (κ3) is 2.38. The van der Waals surface area contributed by atoms with Gasteiger partial charge in [0.05, 0.1) is 12.1 Å². The van der Waals surface area contributed by atoms with E-state index in [9.17, 15) is 14.8 Å². The van der Waals surface area contributed by atoms with Gasteiger partial charge in [-0.25, -0.2) is 0 Å². The molecule has 0 aliphatic rings. The Balaban J connectivity index is 2.73. The summed E-state index contributed by atoms with van der Waals surface area (Å²) in [5.41, 5.74) is 0.356. The van der Waals surface area contributed by atoms with E-state index in [0.717, 1.165) is 0 Å². The molecule has 4 heteroatoms. The molecule has 0 unspecified atom stereocenters. The molecule has 0 spiro atoms. The number of aldehydes is 1. The van der Waals surface area contributed by atoms with E-state index in [1.807, 2.05) is 0 Å². The molecule has 0 bridgehead atoms. The fourth-order valence-electron chi connectivity index (χ4n) is 0.871. The first-order chi connectivity index (χ1) is 6.25. The van der Waals surface area contributed by atoms with Crippen LogP contribution in [0.3, 0.4) is 0 Å². The van der Waals surface area contributed by atoms with Gasteiger partial charge in [-0.15, -0.1) is 0 Å². The molecule has 0 heterocycles. The highest BCUT2D eigenvalue weighted by molar-refractivity contribution is 5.98. The topological polar surface area (TPSA) is 57.6 Å². The molecule has 68 valence electrons. The predicted molar refractivity (Wildman–Crippen MR) is 46.4 cm³/mol. The predicted octanol–water partition coefficient (Wildman–Crippen LogP) is 0.998. The van der Waals surface area contributed by atoms with E-state index >= 15 is 0 Å². The van der Waals surface area contributed by atoms with Crippen LogP contribution >= 0.6 is 0 Å². The molecule has 0 aliphatic carbocycles. The quantitative estimate of drug-likeness (QED) is 0.326. The molecular formula is C9H9NO3. The monoisotopic (exact) mass is 179 g/mol. The maximum Gasteiger partial charge on any atom is 0.257 e. The number of benzene rings is 1. The number of anilines is 1. The van der Waals surface area contributed by atoms with Gasteiger partial charge < -0.3 is 4.79 Å². The van der Waals surface area contributed by atoms with Crippen molar-refractivity contribution in [3.05, 3.63) is 30.3 Å². The van der Waals surface area contributed by atoms with Crippen LogP contribution in [0, 0.1) is 0 Å². The van der Waals surface area contributed by atoms with Crippen molar-refractivity contribution < 1.29 is 14.8 Å². The molecule has 0 radical (unpaired) electrons. The fourth-order valence-corrected chi connectivity index (χ4v) is 0.871. The summed E-state index contributed by atoms with van der Waals surface area (Å²) >= 11 is 0. The van der Waals surface area contributed by atoms with Gasteiger partial charge in [-0.05, 0) is 12.1 Å². The molecule has 0 fully saturated rings. The third-order valence-electron chi connectivity index (χ3n) is 1.49. The molecule has 0 aliphatic heterocycles. The Kier molecular flexibility index (Phi) is 3.16. The molecule has 0 aromatic heterocycles. The van der Waals surface area contributed by atoms with E-state index in [1.54, 1.807) is 30.3 Å². The van der Waals surface area contributed by atoms with Crippen LogP contribution in [-0.2, 0) is 9.59 Å². The normalized spacial score (nSPS) is 9.31. The second-order valence-corrected chi connectivity index (χ2v) is 2.41. The minimum absolute atomic E-state index is 0.314. The smallest absolute Gasteiger partial charge is 0.257 e. The Bertz CT molecular complexity index is 297. The maximum atomic E-state index is 11.0. The van der Waals surface area contributed by atoms with E-state index in [2.05, 4.69) is 0 Å². The van der Waals surface area contributed by atoms with Crippen LogP contribution in [0.4, 0.5) is 5.69 Å². The second kappa shape index (κ2) is 4.37. The fraction of sp³-hybridized carbons (Fsp3) is 0.111. The zero-order chi connectivity index (χ0) is 9.68. The number of para-hydroxylation sites is 1. The van der Waals surface area contributed by atoms with Gasteiger partial charge in [0, 0.05) is 0 Å². The number of hydroxylamine groups is 1. The van der Waals surface area contributed by atoms with E-state index in [4.69, 9.17) is 0 Å². The lowest BCUT2D eigenvalue weighted by Gasteiger charge is -2.12. The SMILES string of the molecule is O=CCC(=O)N(O)c1ccccc1. The summed E-state index contributed by atoms with van der Waals surface area (Å²) in [4.78, 5) is 21.0. The van der Waals surface area contributed by atoms with Crippen LogP contribution in [0.1, 0.15) is 6.42 Å². The Morgan fingerprint density at radius 3 is 2.54 bits per heavy atom. The van der Waals surface area contributed by atoms with Gasteiger partial charge in [0.1, 0.15) is 6.29 Å². The van der Waals surface area contributed by atoms with Crippen LogP contribution in [-0.4, -0.2) is 17.4 Å². The van der Waals surface area contributed by atoms with Crippen molar-refractivity contribution in [3.8, 4) is 0 Å². The average molecular weight is 179 g/mol. The average Bonchev–Trinajstić information content (AvgIpc) is 2.18. The zero-order valence-electron chi connectivity index (χ0n) is 6.88. The molecule has 0 saturated carbocycles. The Morgan fingerprint density at radius 2 is 2.00 bits per heavy atom. The van der Waals surface area contributed by atoms with Gasteiger partial charge >= 0.3 is 0 Å². The lowest BCUT2D eigenvalue weighted by atomic mass is 10.3. The Hall–Kier alpha value is -1.68. The summed E-state index contributed by atoms with van der Waals surface area (Å²) < 4.78 is 0. The lowest BCUT2D eigenvalue weighted by Crippen LogP contribution is -2.26. The molecule has 1 amide bonds. The summed E-state index contributed by atoms with van der Waals surface area (Å²) in [7, 11) is 0. The first-order valence-electron chi connectivity index (χ1n) is 3.76. The molecule has 4 nitrogen and oxygen atoms in total. The van der Waals surface area contributed by atoms with Crippen molar-refractivity contribution in [2.75, 3.05) is 5.06 Å². The Labute approximate surface area is 75.4 Å². The first kappa shape index (κ1) is 9.41. The van der Waals surface area contributed by atoms with Gasteiger partial charge in [-0.3, -0.25) is 10.0 Å². The maximum absolute atomic E-state index is 11.0. The number of hydrogen-bond acceptors (Lipinski definition) is 3. The van der Waals surface area contributed by atoms with E-state index in [1.165, 1.54) is 0 Å². The van der Waals surface area contributed by atoms with E-state index in [0.29, 0.717) is 17.0 Å². The van der Waals surface area contributed by atoms with Gasteiger partial charge in [0.15, 0.2) is 0 Å². The number of carbonyl (C=O) groups excluding carboxylic acids is 2. The minimum atomic E-state index is -0.638. The summed E-state index contributed by atoms with van der Waals surface area (Å²) in [5.74, 6) is -0.638. The minimum Gasteiger partial charge on any atom is -0.303 e. The molecule has 0 saturated heterocycles. The molecule has 13 heavy (non-hydrogen) atoms. The van der Waals surface area contributed by atoms with Crippen LogP contribution in [0.25, 0.3) is 0 Å². The molecule has 1 N–H and O–H groups in total. The number of nitrogens with zero attached hydrogens (tertiary/aromatic N) is 1. The van der Waals surface area contributed by atoms with Crippen LogP contribution in [0.5, 0.6) is 0 Å². The van der Waals surface area contributed by atoms with Gasteiger partial charge in [-0.2, -0.15) is 5.06 Å². The summed E-state index contributed by atoms with van der Waals surface area (Å²) in [6.45, 7) is 0. The van der Waals surface area contributed by atoms with Crippen molar-refractivity contribution >= 4 is 17.9 Å². The van der Waals surface area contributed by atoms with Crippen molar-refractivity contribution in [3.63, 3.8) is 0 Å². The molecule has 1 aromatic carbocycles. The van der Waals surface area contributed by atoms with Crippen LogP contribution < -0.4 is 5.06 Å². The second-order valence-electron chi connectivity index (χ2n) is 2.41. The number of carbonyl (C=O) groups is 2. The van der Waals surface area contributed by atoms with E-state index in [-0.39, 0.29) is 6.42 Å². The Morgan fingerprint density at radius 1 is 1.38 bits per heavy atom. The molecule has 1 aromatic rings. The lowest BCUT2D eigenvalue weighted by molar-refractivity contribution is -0.126. The number of rotatable bonds is 3. The van der Waals surface area contributed by atoms with Gasteiger partial charge in [0.25, 0.3) is 5.91 Å². The van der Waals surface area contributed by atoms with Crippen LogP contribution in [0.15, 0.2) is 30.3 Å². The molecular weight excluding hydrogens is 170 g/mol. The van der Waals surface area contributed by atoms with Gasteiger partial charge in [-0.1, -0.05) is 18.2 Å². The zero-order valence-corrected chi connectivity index (χ0v) is 6.88. The van der Waals surface area contributed by atoms with Crippen molar-refractivity contribution in [2.24, 2.45) is 0 Å². The number of amides is 1. The van der Waals surface area contributed by atoms with Crippen molar-refractivity contribution in [2.45, 2.75) is 6.42 Å². The summed E-state index contributed by atoms with van der Waals surface area (Å²) in [5, 5.41) is 9.71. The summed E-state index contributed by atoms with van der Waals surface area (Å²) in [6.07, 6.45) is 0.139. The van der Waals surface area contributed by atoms with Crippen LogP contribution in [0.2, 0.25) is 0 Å². The van der Waals surface area contributed by atoms with Crippen molar-refractivity contribution in [1.29, 1.82) is 0 Å². The van der Waals surface area contributed by atoms with E-state index < -0.39 is 5.91 Å². The first-order valence-corrected chi connectivity index (χ1v) is 3.76. The highest BCUT2D eigenvalue weighted by Crippen LogP contribution is 2.10. The third-order valence-corrected chi connectivity index (χ3v) is 1.49. The standard InChI is InChI=1S/C9H9NO3/c11-7-6-9(12)10(13)8-4-2-1-3-5-8/h1-5,7,13H,6H2.